The highest BCUT2D eigenvalue weighted by Crippen LogP contribution is 2.18. The molecule has 5 heteroatoms. The molecule has 0 radical (unpaired) electrons. The molecule has 2 aromatic rings. The monoisotopic (exact) mass is 337 g/mol. The molecule has 0 aliphatic carbocycles. The van der Waals surface area contributed by atoms with Gasteiger partial charge in [-0.1, -0.05) is 30.3 Å². The first-order chi connectivity index (χ1) is 12.1. The van der Waals surface area contributed by atoms with Gasteiger partial charge in [0.15, 0.2) is 0 Å². The third kappa shape index (κ3) is 4.45. The molecule has 0 saturated carbocycles. The van der Waals surface area contributed by atoms with Gasteiger partial charge in [0, 0.05) is 37.3 Å². The van der Waals surface area contributed by atoms with Crippen LogP contribution in [0.3, 0.4) is 0 Å². The van der Waals surface area contributed by atoms with Crippen LogP contribution in [0.15, 0.2) is 48.5 Å². The van der Waals surface area contributed by atoms with Crippen LogP contribution in [-0.4, -0.2) is 36.3 Å². The highest BCUT2D eigenvalue weighted by atomic mass is 16.2. The van der Waals surface area contributed by atoms with Crippen molar-refractivity contribution in [1.82, 2.24) is 10.2 Å². The van der Waals surface area contributed by atoms with E-state index in [1.165, 1.54) is 17.2 Å². The molecule has 3 rings (SSSR count). The molecule has 0 unspecified atom stereocenters. The lowest BCUT2D eigenvalue weighted by molar-refractivity contribution is 0.0951. The number of hydrogen-bond donors (Lipinski definition) is 2. The van der Waals surface area contributed by atoms with Crippen LogP contribution in [0.25, 0.3) is 0 Å². The predicted molar refractivity (Wildman–Crippen MR) is 97.3 cm³/mol. The number of rotatable bonds is 6. The fourth-order valence-corrected chi connectivity index (χ4v) is 3.17. The first kappa shape index (κ1) is 17.2. The van der Waals surface area contributed by atoms with Crippen LogP contribution in [0.5, 0.6) is 0 Å². The Morgan fingerprint density at radius 2 is 1.80 bits per heavy atom. The van der Waals surface area contributed by atoms with Crippen molar-refractivity contribution in [3.63, 3.8) is 0 Å². The molecule has 1 aliphatic heterocycles. The zero-order valence-electron chi connectivity index (χ0n) is 14.2. The van der Waals surface area contributed by atoms with Gasteiger partial charge in [-0.2, -0.15) is 0 Å². The molecule has 5 nitrogen and oxygen atoms in total. The number of nitrogens with two attached hydrogens (primary N) is 1. The summed E-state index contributed by atoms with van der Waals surface area (Å²) < 4.78 is 0. The molecule has 3 N–H and O–H groups in total. The lowest BCUT2D eigenvalue weighted by Gasteiger charge is -2.28. The second-order valence-electron chi connectivity index (χ2n) is 6.35. The van der Waals surface area contributed by atoms with Crippen LogP contribution in [0.2, 0.25) is 0 Å². The topological polar surface area (TPSA) is 75.4 Å². The number of amides is 2. The van der Waals surface area contributed by atoms with Crippen LogP contribution in [-0.2, 0) is 13.0 Å². The van der Waals surface area contributed by atoms with Crippen molar-refractivity contribution in [2.75, 3.05) is 19.6 Å². The Morgan fingerprint density at radius 3 is 2.60 bits per heavy atom. The van der Waals surface area contributed by atoms with Gasteiger partial charge < -0.3 is 11.1 Å². The lowest BCUT2D eigenvalue weighted by atomic mass is 10.00. The maximum atomic E-state index is 12.2. The molecule has 0 bridgehead atoms. The zero-order chi connectivity index (χ0) is 17.6. The largest absolute Gasteiger partial charge is 0.366 e. The van der Waals surface area contributed by atoms with E-state index in [9.17, 15) is 9.59 Å². The van der Waals surface area contributed by atoms with Gasteiger partial charge in [0.1, 0.15) is 0 Å². The Labute approximate surface area is 147 Å². The summed E-state index contributed by atoms with van der Waals surface area (Å²) in [5, 5.41) is 2.91. The van der Waals surface area contributed by atoms with Gasteiger partial charge in [-0.3, -0.25) is 14.5 Å². The van der Waals surface area contributed by atoms with Crippen LogP contribution in [0, 0.1) is 0 Å². The summed E-state index contributed by atoms with van der Waals surface area (Å²) in [6.07, 6.45) is 1.98. The van der Waals surface area contributed by atoms with Crippen molar-refractivity contribution in [2.24, 2.45) is 5.73 Å². The Hall–Kier alpha value is -2.66. The third-order valence-corrected chi connectivity index (χ3v) is 4.56. The number of carbonyl (C=O) groups excluding carboxylic acids is 2. The van der Waals surface area contributed by atoms with Gasteiger partial charge >= 0.3 is 0 Å². The number of fused-ring (bicyclic) bond motifs is 1. The summed E-state index contributed by atoms with van der Waals surface area (Å²) in [6.45, 7) is 3.60. The number of benzene rings is 2. The molecule has 0 aromatic heterocycles. The van der Waals surface area contributed by atoms with E-state index in [1.54, 1.807) is 18.2 Å². The van der Waals surface area contributed by atoms with Crippen molar-refractivity contribution in [3.05, 3.63) is 70.8 Å². The Bertz CT molecular complexity index is 773. The van der Waals surface area contributed by atoms with E-state index in [0.29, 0.717) is 17.7 Å². The average molecular weight is 337 g/mol. The molecule has 0 fully saturated rings. The fourth-order valence-electron chi connectivity index (χ4n) is 3.17. The highest BCUT2D eigenvalue weighted by molar-refractivity contribution is 5.99. The quantitative estimate of drug-likeness (QED) is 0.791. The van der Waals surface area contributed by atoms with Gasteiger partial charge in [0.05, 0.1) is 0 Å². The van der Waals surface area contributed by atoms with E-state index in [2.05, 4.69) is 34.5 Å². The first-order valence-electron chi connectivity index (χ1n) is 8.60. The molecular weight excluding hydrogens is 314 g/mol. The summed E-state index contributed by atoms with van der Waals surface area (Å²) in [4.78, 5) is 25.8. The van der Waals surface area contributed by atoms with Crippen LogP contribution in [0.4, 0.5) is 0 Å². The van der Waals surface area contributed by atoms with Gasteiger partial charge in [-0.05, 0) is 42.2 Å². The third-order valence-electron chi connectivity index (χ3n) is 4.56. The number of carbonyl (C=O) groups is 2. The minimum Gasteiger partial charge on any atom is -0.366 e. The van der Waals surface area contributed by atoms with E-state index in [4.69, 9.17) is 5.73 Å². The molecule has 0 atom stereocenters. The summed E-state index contributed by atoms with van der Waals surface area (Å²) in [7, 11) is 0. The molecule has 25 heavy (non-hydrogen) atoms. The molecule has 2 amide bonds. The van der Waals surface area contributed by atoms with Gasteiger partial charge in [-0.15, -0.1) is 0 Å². The summed E-state index contributed by atoms with van der Waals surface area (Å²) >= 11 is 0. The maximum Gasteiger partial charge on any atom is 0.251 e. The van der Waals surface area contributed by atoms with Crippen LogP contribution >= 0.6 is 0 Å². The zero-order valence-corrected chi connectivity index (χ0v) is 14.2. The Morgan fingerprint density at radius 1 is 1.04 bits per heavy atom. The summed E-state index contributed by atoms with van der Waals surface area (Å²) in [6, 6.07) is 15.1. The Kier molecular flexibility index (Phi) is 5.46. The minimum absolute atomic E-state index is 0.174. The first-order valence-corrected chi connectivity index (χ1v) is 8.60. The molecule has 0 spiro atoms. The molecule has 130 valence electrons. The van der Waals surface area contributed by atoms with E-state index < -0.39 is 5.91 Å². The molecule has 1 heterocycles. The van der Waals surface area contributed by atoms with Crippen LogP contribution < -0.4 is 11.1 Å². The molecular formula is C20H23N3O2. The number of nitrogens with one attached hydrogen (secondary N) is 1. The molecule has 0 saturated heterocycles. The predicted octanol–water partition coefficient (Wildman–Crippen LogP) is 1.96. The second kappa shape index (κ2) is 7.94. The number of hydrogen-bond acceptors (Lipinski definition) is 3. The van der Waals surface area contributed by atoms with Crippen molar-refractivity contribution in [3.8, 4) is 0 Å². The van der Waals surface area contributed by atoms with Gasteiger partial charge in [0.25, 0.3) is 5.91 Å². The summed E-state index contributed by atoms with van der Waals surface area (Å²) in [5.74, 6) is -0.702. The standard InChI is InChI=1S/C20H23N3O2/c21-19(24)16-7-3-8-17(13-16)20(25)22-10-4-11-23-12-9-15-5-1-2-6-18(15)14-23/h1-3,5-8,13H,4,9-12,14H2,(H2,21,24)(H,22,25). The van der Waals surface area contributed by atoms with Gasteiger partial charge in [0.2, 0.25) is 5.91 Å². The Balaban J connectivity index is 1.44. The van der Waals surface area contributed by atoms with E-state index >= 15 is 0 Å². The fraction of sp³-hybridized carbons (Fsp3) is 0.300. The maximum absolute atomic E-state index is 12.2. The van der Waals surface area contributed by atoms with E-state index in [1.807, 2.05) is 0 Å². The van der Waals surface area contributed by atoms with Crippen molar-refractivity contribution < 1.29 is 9.59 Å². The SMILES string of the molecule is NC(=O)c1cccc(C(=O)NCCCN2CCc3ccccc3C2)c1. The van der Waals surface area contributed by atoms with Crippen molar-refractivity contribution in [2.45, 2.75) is 19.4 Å². The van der Waals surface area contributed by atoms with Crippen molar-refractivity contribution >= 4 is 11.8 Å². The van der Waals surface area contributed by atoms with Gasteiger partial charge in [-0.25, -0.2) is 0 Å². The minimum atomic E-state index is -0.528. The number of nitrogens with zero attached hydrogens (tertiary/aromatic N) is 1. The smallest absolute Gasteiger partial charge is 0.251 e. The van der Waals surface area contributed by atoms with Crippen molar-refractivity contribution in [1.29, 1.82) is 0 Å². The lowest BCUT2D eigenvalue weighted by Crippen LogP contribution is -2.33. The van der Waals surface area contributed by atoms with Crippen LogP contribution in [0.1, 0.15) is 38.3 Å². The number of primary amides is 1. The highest BCUT2D eigenvalue weighted by Gasteiger charge is 2.15. The van der Waals surface area contributed by atoms with E-state index in [-0.39, 0.29) is 5.91 Å². The van der Waals surface area contributed by atoms with E-state index in [0.717, 1.165) is 32.5 Å². The average Bonchev–Trinajstić information content (AvgIpc) is 2.65. The molecule has 2 aromatic carbocycles. The molecule has 1 aliphatic rings. The normalized spacial score (nSPS) is 13.9. The summed E-state index contributed by atoms with van der Waals surface area (Å²) in [5.41, 5.74) is 8.90. The second-order valence-corrected chi connectivity index (χ2v) is 6.35.